The molecule has 0 saturated heterocycles. The third-order valence-electron chi connectivity index (χ3n) is 2.45. The molecule has 1 N–H and O–H groups in total. The van der Waals surface area contributed by atoms with Crippen LogP contribution in [0.2, 0.25) is 0 Å². The molecule has 2 unspecified atom stereocenters. The molecule has 0 aliphatic heterocycles. The summed E-state index contributed by atoms with van der Waals surface area (Å²) in [5.74, 6) is 0.522. The summed E-state index contributed by atoms with van der Waals surface area (Å²) in [6, 6.07) is 0. The fraction of sp³-hybridized carbons (Fsp3) is 0.667. The molecule has 12 heavy (non-hydrogen) atoms. The second kappa shape index (κ2) is 3.54. The number of aliphatic hydroxyl groups is 1. The highest BCUT2D eigenvalue weighted by atomic mass is 32.1. The molecule has 0 bridgehead atoms. The maximum absolute atomic E-state index is 9.46. The SMILES string of the molecule is OC1CCCC(c2nccs2)C1. The summed E-state index contributed by atoms with van der Waals surface area (Å²) in [5, 5.41) is 12.7. The van der Waals surface area contributed by atoms with E-state index in [0.717, 1.165) is 19.3 Å². The molecule has 1 fully saturated rings. The predicted molar refractivity (Wildman–Crippen MR) is 49.3 cm³/mol. The van der Waals surface area contributed by atoms with E-state index in [9.17, 15) is 5.11 Å². The smallest absolute Gasteiger partial charge is 0.0956 e. The third-order valence-corrected chi connectivity index (χ3v) is 3.39. The van der Waals surface area contributed by atoms with Gasteiger partial charge < -0.3 is 5.11 Å². The zero-order valence-corrected chi connectivity index (χ0v) is 7.76. The lowest BCUT2D eigenvalue weighted by Crippen LogP contribution is -2.17. The third kappa shape index (κ3) is 1.67. The van der Waals surface area contributed by atoms with Crippen molar-refractivity contribution in [3.8, 4) is 0 Å². The van der Waals surface area contributed by atoms with Crippen LogP contribution in [0.15, 0.2) is 11.6 Å². The van der Waals surface area contributed by atoms with Crippen molar-refractivity contribution in [2.45, 2.75) is 37.7 Å². The fourth-order valence-electron chi connectivity index (χ4n) is 1.82. The van der Waals surface area contributed by atoms with Crippen LogP contribution in [0.25, 0.3) is 0 Å². The molecule has 66 valence electrons. The zero-order chi connectivity index (χ0) is 8.39. The highest BCUT2D eigenvalue weighted by Crippen LogP contribution is 2.33. The molecule has 0 amide bonds. The number of rotatable bonds is 1. The first-order valence-corrected chi connectivity index (χ1v) is 5.31. The Labute approximate surface area is 76.3 Å². The number of nitrogens with zero attached hydrogens (tertiary/aromatic N) is 1. The van der Waals surface area contributed by atoms with Gasteiger partial charge in [0.1, 0.15) is 0 Å². The number of aliphatic hydroxyl groups excluding tert-OH is 1. The van der Waals surface area contributed by atoms with Gasteiger partial charge in [0, 0.05) is 17.5 Å². The first kappa shape index (κ1) is 8.20. The molecule has 1 aliphatic rings. The van der Waals surface area contributed by atoms with Gasteiger partial charge in [0.05, 0.1) is 11.1 Å². The molecule has 2 nitrogen and oxygen atoms in total. The van der Waals surface area contributed by atoms with Crippen LogP contribution in [0.3, 0.4) is 0 Å². The minimum absolute atomic E-state index is 0.0901. The van der Waals surface area contributed by atoms with Crippen LogP contribution >= 0.6 is 11.3 Å². The van der Waals surface area contributed by atoms with Gasteiger partial charge >= 0.3 is 0 Å². The highest BCUT2D eigenvalue weighted by Gasteiger charge is 2.22. The van der Waals surface area contributed by atoms with E-state index in [4.69, 9.17) is 0 Å². The standard InChI is InChI=1S/C9H13NOS/c11-8-3-1-2-7(6-8)9-10-4-5-12-9/h4-5,7-8,11H,1-3,6H2. The van der Waals surface area contributed by atoms with Crippen LogP contribution in [-0.2, 0) is 0 Å². The molecule has 0 spiro atoms. The average molecular weight is 183 g/mol. The summed E-state index contributed by atoms with van der Waals surface area (Å²) >= 11 is 1.71. The zero-order valence-electron chi connectivity index (χ0n) is 6.94. The van der Waals surface area contributed by atoms with E-state index >= 15 is 0 Å². The largest absolute Gasteiger partial charge is 0.393 e. The minimum Gasteiger partial charge on any atom is -0.393 e. The molecule has 3 heteroatoms. The van der Waals surface area contributed by atoms with E-state index in [-0.39, 0.29) is 6.10 Å². The van der Waals surface area contributed by atoms with Crippen LogP contribution in [0.1, 0.15) is 36.6 Å². The monoisotopic (exact) mass is 183 g/mol. The number of thiazole rings is 1. The first-order chi connectivity index (χ1) is 5.86. The molecule has 1 aromatic rings. The summed E-state index contributed by atoms with van der Waals surface area (Å²) < 4.78 is 0. The van der Waals surface area contributed by atoms with Crippen molar-refractivity contribution in [3.63, 3.8) is 0 Å². The molecule has 2 atom stereocenters. The van der Waals surface area contributed by atoms with E-state index in [1.165, 1.54) is 11.4 Å². The van der Waals surface area contributed by atoms with Crippen molar-refractivity contribution in [2.75, 3.05) is 0 Å². The number of hydrogen-bond acceptors (Lipinski definition) is 3. The van der Waals surface area contributed by atoms with Crippen molar-refractivity contribution >= 4 is 11.3 Å². The summed E-state index contributed by atoms with van der Waals surface area (Å²) in [6.07, 6.45) is 5.99. The first-order valence-electron chi connectivity index (χ1n) is 4.43. The van der Waals surface area contributed by atoms with Crippen molar-refractivity contribution in [1.29, 1.82) is 0 Å². The van der Waals surface area contributed by atoms with Crippen LogP contribution in [0.4, 0.5) is 0 Å². The van der Waals surface area contributed by atoms with E-state index in [2.05, 4.69) is 4.98 Å². The Bertz CT molecular complexity index is 235. The molecule has 1 saturated carbocycles. The Balaban J connectivity index is 2.04. The predicted octanol–water partition coefficient (Wildman–Crippen LogP) is 2.16. The van der Waals surface area contributed by atoms with Crippen LogP contribution in [0, 0.1) is 0 Å². The van der Waals surface area contributed by atoms with Gasteiger partial charge in [0.25, 0.3) is 0 Å². The van der Waals surface area contributed by atoms with E-state index < -0.39 is 0 Å². The van der Waals surface area contributed by atoms with Crippen LogP contribution < -0.4 is 0 Å². The van der Waals surface area contributed by atoms with Gasteiger partial charge in [-0.05, 0) is 19.3 Å². The molecule has 2 rings (SSSR count). The van der Waals surface area contributed by atoms with Crippen LogP contribution in [-0.4, -0.2) is 16.2 Å². The van der Waals surface area contributed by atoms with Gasteiger partial charge in [0.15, 0.2) is 0 Å². The van der Waals surface area contributed by atoms with E-state index in [1.807, 2.05) is 11.6 Å². The molecule has 1 aliphatic carbocycles. The van der Waals surface area contributed by atoms with E-state index in [0.29, 0.717) is 5.92 Å². The topological polar surface area (TPSA) is 33.1 Å². The van der Waals surface area contributed by atoms with Crippen molar-refractivity contribution in [3.05, 3.63) is 16.6 Å². The lowest BCUT2D eigenvalue weighted by atomic mass is 9.88. The molecule has 1 heterocycles. The van der Waals surface area contributed by atoms with E-state index in [1.54, 1.807) is 11.3 Å². The van der Waals surface area contributed by atoms with Gasteiger partial charge in [-0.3, -0.25) is 0 Å². The van der Waals surface area contributed by atoms with Gasteiger partial charge in [-0.25, -0.2) is 4.98 Å². The van der Waals surface area contributed by atoms with Gasteiger partial charge in [-0.1, -0.05) is 6.42 Å². The van der Waals surface area contributed by atoms with Crippen molar-refractivity contribution in [1.82, 2.24) is 4.98 Å². The van der Waals surface area contributed by atoms with Gasteiger partial charge in [-0.15, -0.1) is 11.3 Å². The minimum atomic E-state index is -0.0901. The maximum Gasteiger partial charge on any atom is 0.0956 e. The quantitative estimate of drug-likeness (QED) is 0.723. The summed E-state index contributed by atoms with van der Waals surface area (Å²) in [4.78, 5) is 4.28. The highest BCUT2D eigenvalue weighted by molar-refractivity contribution is 7.09. The second-order valence-electron chi connectivity index (χ2n) is 3.39. The molecule has 0 aromatic carbocycles. The fourth-order valence-corrected chi connectivity index (χ4v) is 2.61. The maximum atomic E-state index is 9.46. The van der Waals surface area contributed by atoms with Crippen molar-refractivity contribution in [2.24, 2.45) is 0 Å². The summed E-state index contributed by atoms with van der Waals surface area (Å²) in [7, 11) is 0. The van der Waals surface area contributed by atoms with Gasteiger partial charge in [0.2, 0.25) is 0 Å². The second-order valence-corrected chi connectivity index (χ2v) is 4.31. The Morgan fingerprint density at radius 2 is 2.42 bits per heavy atom. The summed E-state index contributed by atoms with van der Waals surface area (Å²) in [5.41, 5.74) is 0. The Kier molecular flexibility index (Phi) is 2.42. The molecular formula is C9H13NOS. The Hall–Kier alpha value is -0.410. The van der Waals surface area contributed by atoms with Gasteiger partial charge in [-0.2, -0.15) is 0 Å². The molecule has 1 aromatic heterocycles. The lowest BCUT2D eigenvalue weighted by molar-refractivity contribution is 0.119. The molecule has 0 radical (unpaired) electrons. The Morgan fingerprint density at radius 3 is 3.08 bits per heavy atom. The average Bonchev–Trinajstić information content (AvgIpc) is 2.56. The number of hydrogen-bond donors (Lipinski definition) is 1. The normalized spacial score (nSPS) is 30.4. The van der Waals surface area contributed by atoms with Crippen LogP contribution in [0.5, 0.6) is 0 Å². The lowest BCUT2D eigenvalue weighted by Gasteiger charge is -2.23. The summed E-state index contributed by atoms with van der Waals surface area (Å²) in [6.45, 7) is 0. The Morgan fingerprint density at radius 1 is 1.50 bits per heavy atom. The number of aromatic nitrogens is 1. The molecular weight excluding hydrogens is 170 g/mol. The van der Waals surface area contributed by atoms with Crippen molar-refractivity contribution < 1.29 is 5.11 Å².